The Bertz CT molecular complexity index is 1180. The van der Waals surface area contributed by atoms with Crippen LogP contribution in [0.5, 0.6) is 0 Å². The van der Waals surface area contributed by atoms with Gasteiger partial charge in [-0.3, -0.25) is 9.52 Å². The lowest BCUT2D eigenvalue weighted by Crippen LogP contribution is -2.26. The van der Waals surface area contributed by atoms with Gasteiger partial charge in [0.2, 0.25) is 10.0 Å². The molecule has 0 unspecified atom stereocenters. The van der Waals surface area contributed by atoms with E-state index in [9.17, 15) is 13.2 Å². The van der Waals surface area contributed by atoms with E-state index in [1.807, 2.05) is 31.2 Å². The molecule has 2 heterocycles. The largest absolute Gasteiger partial charge is 0.459 e. The molecule has 8 heteroatoms. The fourth-order valence-corrected chi connectivity index (χ4v) is 3.94. The molecule has 30 heavy (non-hydrogen) atoms. The molecule has 2 aromatic carbocycles. The maximum atomic E-state index is 13.0. The average Bonchev–Trinajstić information content (AvgIpc) is 3.38. The van der Waals surface area contributed by atoms with Crippen LogP contribution in [0.1, 0.15) is 39.7 Å². The summed E-state index contributed by atoms with van der Waals surface area (Å²) in [4.78, 5) is 13.0. The number of nitrogens with one attached hydrogen (secondary N) is 1. The maximum absolute atomic E-state index is 13.0. The van der Waals surface area contributed by atoms with Crippen molar-refractivity contribution in [3.8, 4) is 0 Å². The third kappa shape index (κ3) is 4.28. The number of benzene rings is 2. The Labute approximate surface area is 175 Å². The zero-order valence-corrected chi connectivity index (χ0v) is 17.4. The number of carbonyl (C=O) groups excluding carboxylic acids is 1. The van der Waals surface area contributed by atoms with Crippen LogP contribution in [0, 0.1) is 6.92 Å². The minimum atomic E-state index is -3.35. The molecule has 4 rings (SSSR count). The van der Waals surface area contributed by atoms with Crippen molar-refractivity contribution in [2.24, 2.45) is 5.10 Å². The molecule has 154 valence electrons. The molecule has 7 nitrogen and oxygen atoms in total. The number of hydrogen-bond acceptors (Lipinski definition) is 5. The summed E-state index contributed by atoms with van der Waals surface area (Å²) in [6.07, 6.45) is 3.10. The molecule has 0 aliphatic carbocycles. The van der Waals surface area contributed by atoms with Gasteiger partial charge in [-0.15, -0.1) is 0 Å². The lowest BCUT2D eigenvalue weighted by atomic mass is 9.97. The molecule has 0 saturated heterocycles. The summed E-state index contributed by atoms with van der Waals surface area (Å²) in [6, 6.07) is 18.0. The number of anilines is 1. The number of hydrogen-bond donors (Lipinski definition) is 1. The summed E-state index contributed by atoms with van der Waals surface area (Å²) in [5.74, 6) is -0.0826. The Hall–Kier alpha value is -3.39. The van der Waals surface area contributed by atoms with Crippen molar-refractivity contribution >= 4 is 27.3 Å². The van der Waals surface area contributed by atoms with Crippen LogP contribution in [0.2, 0.25) is 0 Å². The van der Waals surface area contributed by atoms with E-state index in [4.69, 9.17) is 4.42 Å². The summed E-state index contributed by atoms with van der Waals surface area (Å²) in [6.45, 7) is 2.01. The highest BCUT2D eigenvalue weighted by Gasteiger charge is 2.34. The van der Waals surface area contributed by atoms with E-state index in [0.717, 1.165) is 28.7 Å². The Balaban J connectivity index is 1.66. The summed E-state index contributed by atoms with van der Waals surface area (Å²) in [5.41, 5.74) is 4.15. The molecule has 1 aromatic heterocycles. The van der Waals surface area contributed by atoms with Crippen LogP contribution in [0.3, 0.4) is 0 Å². The van der Waals surface area contributed by atoms with Gasteiger partial charge in [-0.2, -0.15) is 5.10 Å². The van der Waals surface area contributed by atoms with Gasteiger partial charge in [-0.25, -0.2) is 13.4 Å². The minimum absolute atomic E-state index is 0.227. The lowest BCUT2D eigenvalue weighted by Gasteiger charge is -2.21. The molecule has 1 atom stereocenters. The van der Waals surface area contributed by atoms with Crippen molar-refractivity contribution in [3.05, 3.63) is 89.4 Å². The van der Waals surface area contributed by atoms with Gasteiger partial charge in [-0.05, 0) is 42.3 Å². The van der Waals surface area contributed by atoms with Gasteiger partial charge < -0.3 is 4.42 Å². The number of carbonyl (C=O) groups is 1. The zero-order valence-electron chi connectivity index (χ0n) is 16.6. The standard InChI is InChI=1S/C22H21N3O4S/c1-15-5-7-17(8-6-15)20-14-19(23-25(20)22(26)21-4-3-13-29-21)16-9-11-18(12-10-16)24-30(2,27)28/h3-13,20,24H,14H2,1-2H3/t20-/m1/s1. The number of furan rings is 1. The van der Waals surface area contributed by atoms with Crippen LogP contribution in [0.15, 0.2) is 76.4 Å². The molecule has 3 aromatic rings. The molecular formula is C22H21N3O4S. The van der Waals surface area contributed by atoms with Gasteiger partial charge in [0, 0.05) is 12.1 Å². The second-order valence-electron chi connectivity index (χ2n) is 7.26. The quantitative estimate of drug-likeness (QED) is 0.673. The van der Waals surface area contributed by atoms with Gasteiger partial charge >= 0.3 is 5.91 Å². The Morgan fingerprint density at radius 3 is 2.40 bits per heavy atom. The topological polar surface area (TPSA) is 92.0 Å². The van der Waals surface area contributed by atoms with E-state index < -0.39 is 10.0 Å². The molecule has 1 N–H and O–H groups in total. The highest BCUT2D eigenvalue weighted by Crippen LogP contribution is 2.34. The molecule has 0 spiro atoms. The van der Waals surface area contributed by atoms with E-state index >= 15 is 0 Å². The van der Waals surface area contributed by atoms with Crippen molar-refractivity contribution in [2.45, 2.75) is 19.4 Å². The molecule has 0 saturated carbocycles. The van der Waals surface area contributed by atoms with Crippen LogP contribution >= 0.6 is 0 Å². The van der Waals surface area contributed by atoms with Crippen molar-refractivity contribution in [1.29, 1.82) is 0 Å². The Morgan fingerprint density at radius 2 is 1.80 bits per heavy atom. The Kier molecular flexibility index (Phi) is 5.17. The molecule has 0 radical (unpaired) electrons. The van der Waals surface area contributed by atoms with Crippen molar-refractivity contribution < 1.29 is 17.6 Å². The Morgan fingerprint density at radius 1 is 1.10 bits per heavy atom. The van der Waals surface area contributed by atoms with Crippen molar-refractivity contribution in [2.75, 3.05) is 11.0 Å². The van der Waals surface area contributed by atoms with Crippen molar-refractivity contribution in [3.63, 3.8) is 0 Å². The average molecular weight is 423 g/mol. The van der Waals surface area contributed by atoms with E-state index in [0.29, 0.717) is 12.1 Å². The third-order valence-electron chi connectivity index (χ3n) is 4.83. The van der Waals surface area contributed by atoms with E-state index in [-0.39, 0.29) is 17.7 Å². The van der Waals surface area contributed by atoms with E-state index in [1.54, 1.807) is 36.4 Å². The molecule has 0 fully saturated rings. The van der Waals surface area contributed by atoms with Crippen molar-refractivity contribution in [1.82, 2.24) is 5.01 Å². The van der Waals surface area contributed by atoms with Crippen LogP contribution in [-0.4, -0.2) is 31.3 Å². The van der Waals surface area contributed by atoms with Gasteiger partial charge in [0.25, 0.3) is 0 Å². The predicted octanol–water partition coefficient (Wildman–Crippen LogP) is 3.95. The summed E-state index contributed by atoms with van der Waals surface area (Å²) < 4.78 is 30.5. The first-order valence-electron chi connectivity index (χ1n) is 9.39. The summed E-state index contributed by atoms with van der Waals surface area (Å²) >= 11 is 0. The fourth-order valence-electron chi connectivity index (χ4n) is 3.38. The monoisotopic (exact) mass is 423 g/mol. The van der Waals surface area contributed by atoms with Gasteiger partial charge in [0.05, 0.1) is 24.3 Å². The van der Waals surface area contributed by atoms with Crippen LogP contribution in [0.4, 0.5) is 5.69 Å². The first kappa shape index (κ1) is 19.9. The molecule has 0 bridgehead atoms. The number of sulfonamides is 1. The lowest BCUT2D eigenvalue weighted by molar-refractivity contribution is 0.0678. The van der Waals surface area contributed by atoms with Gasteiger partial charge in [0.1, 0.15) is 0 Å². The zero-order chi connectivity index (χ0) is 21.3. The fraction of sp³-hybridized carbons (Fsp3) is 0.182. The van der Waals surface area contributed by atoms with Crippen LogP contribution in [-0.2, 0) is 10.0 Å². The predicted molar refractivity (Wildman–Crippen MR) is 115 cm³/mol. The smallest absolute Gasteiger partial charge is 0.310 e. The highest BCUT2D eigenvalue weighted by atomic mass is 32.2. The number of aryl methyl sites for hydroxylation is 1. The third-order valence-corrected chi connectivity index (χ3v) is 5.44. The number of hydrazone groups is 1. The van der Waals surface area contributed by atoms with E-state index in [2.05, 4.69) is 9.82 Å². The number of nitrogens with zero attached hydrogens (tertiary/aromatic N) is 2. The second kappa shape index (κ2) is 7.79. The molecule has 1 aliphatic rings. The SMILES string of the molecule is Cc1ccc([C@H]2CC(c3ccc(NS(C)(=O)=O)cc3)=NN2C(=O)c2ccco2)cc1. The molecule has 1 aliphatic heterocycles. The number of amides is 1. The number of rotatable bonds is 5. The summed E-state index contributed by atoms with van der Waals surface area (Å²) in [7, 11) is -3.35. The molecular weight excluding hydrogens is 402 g/mol. The van der Waals surface area contributed by atoms with Gasteiger partial charge in [0.15, 0.2) is 5.76 Å². The minimum Gasteiger partial charge on any atom is -0.459 e. The second-order valence-corrected chi connectivity index (χ2v) is 9.00. The first-order chi connectivity index (χ1) is 14.3. The highest BCUT2D eigenvalue weighted by molar-refractivity contribution is 7.92. The normalized spacial score (nSPS) is 16.4. The maximum Gasteiger partial charge on any atom is 0.310 e. The first-order valence-corrected chi connectivity index (χ1v) is 11.3. The molecule has 1 amide bonds. The van der Waals surface area contributed by atoms with E-state index in [1.165, 1.54) is 11.3 Å². The van der Waals surface area contributed by atoms with Gasteiger partial charge in [-0.1, -0.05) is 42.0 Å². The van der Waals surface area contributed by atoms with Crippen LogP contribution < -0.4 is 4.72 Å². The summed E-state index contributed by atoms with van der Waals surface area (Å²) in [5, 5.41) is 6.06. The van der Waals surface area contributed by atoms with Crippen LogP contribution in [0.25, 0.3) is 0 Å².